The molecule has 0 aliphatic rings. The minimum Gasteiger partial charge on any atom is -0.384 e. The van der Waals surface area contributed by atoms with Crippen LogP contribution in [0.2, 0.25) is 0 Å². The second-order valence-corrected chi connectivity index (χ2v) is 3.75. The third kappa shape index (κ3) is 2.37. The fourth-order valence-corrected chi connectivity index (χ4v) is 1.61. The smallest absolute Gasteiger partial charge is 0.124 e. The van der Waals surface area contributed by atoms with Gasteiger partial charge in [-0.05, 0) is 30.2 Å². The molecule has 0 amide bonds. The van der Waals surface area contributed by atoms with Gasteiger partial charge in [-0.2, -0.15) is 0 Å². The molecule has 2 aromatic rings. The van der Waals surface area contributed by atoms with E-state index in [1.807, 2.05) is 24.4 Å². The average molecular weight is 213 g/mol. The molecule has 2 heterocycles. The molecule has 0 aliphatic heterocycles. The molecule has 0 saturated carbocycles. The first-order valence-corrected chi connectivity index (χ1v) is 5.47. The molecular formula is C13H15N3. The summed E-state index contributed by atoms with van der Waals surface area (Å²) in [6.45, 7) is 2.16. The van der Waals surface area contributed by atoms with Gasteiger partial charge >= 0.3 is 0 Å². The zero-order valence-electron chi connectivity index (χ0n) is 9.35. The van der Waals surface area contributed by atoms with Crippen molar-refractivity contribution in [2.75, 3.05) is 5.73 Å². The van der Waals surface area contributed by atoms with Crippen LogP contribution >= 0.6 is 0 Å². The van der Waals surface area contributed by atoms with E-state index in [0.29, 0.717) is 5.82 Å². The molecule has 82 valence electrons. The van der Waals surface area contributed by atoms with Crippen molar-refractivity contribution in [2.45, 2.75) is 19.8 Å². The molecule has 0 aliphatic carbocycles. The lowest BCUT2D eigenvalue weighted by atomic mass is 10.1. The van der Waals surface area contributed by atoms with E-state index in [0.717, 1.165) is 24.2 Å². The van der Waals surface area contributed by atoms with E-state index in [4.69, 9.17) is 5.73 Å². The summed E-state index contributed by atoms with van der Waals surface area (Å²) >= 11 is 0. The minimum atomic E-state index is 0.525. The van der Waals surface area contributed by atoms with Gasteiger partial charge in [0, 0.05) is 6.20 Å². The van der Waals surface area contributed by atoms with Gasteiger partial charge in [0.15, 0.2) is 0 Å². The van der Waals surface area contributed by atoms with Crippen molar-refractivity contribution in [3.05, 3.63) is 42.1 Å². The normalized spacial score (nSPS) is 10.3. The predicted octanol–water partition coefficient (Wildman–Crippen LogP) is 2.68. The van der Waals surface area contributed by atoms with Crippen LogP contribution < -0.4 is 5.73 Å². The molecular weight excluding hydrogens is 198 g/mol. The summed E-state index contributed by atoms with van der Waals surface area (Å²) in [5.74, 6) is 0.525. The van der Waals surface area contributed by atoms with E-state index in [1.54, 1.807) is 6.07 Å². The summed E-state index contributed by atoms with van der Waals surface area (Å²) in [6.07, 6.45) is 4.11. The minimum absolute atomic E-state index is 0.525. The quantitative estimate of drug-likeness (QED) is 0.852. The van der Waals surface area contributed by atoms with Crippen LogP contribution in [0, 0.1) is 0 Å². The van der Waals surface area contributed by atoms with Gasteiger partial charge in [0.2, 0.25) is 0 Å². The molecule has 0 bridgehead atoms. The van der Waals surface area contributed by atoms with Crippen molar-refractivity contribution in [3.8, 4) is 11.4 Å². The van der Waals surface area contributed by atoms with E-state index in [-0.39, 0.29) is 0 Å². The summed E-state index contributed by atoms with van der Waals surface area (Å²) < 4.78 is 0. The number of nitrogen functional groups attached to an aromatic ring is 1. The molecule has 2 aromatic heterocycles. The number of hydrogen-bond acceptors (Lipinski definition) is 3. The monoisotopic (exact) mass is 213 g/mol. The average Bonchev–Trinajstić information content (AvgIpc) is 2.30. The molecule has 0 fully saturated rings. The number of anilines is 1. The predicted molar refractivity (Wildman–Crippen MR) is 65.9 cm³/mol. The molecule has 0 radical (unpaired) electrons. The standard InChI is InChI=1S/C13H15N3/c1-2-4-10-7-8-11(15-9-10)12-5-3-6-13(14)16-12/h3,5-9H,2,4H2,1H3,(H2,14,16). The Morgan fingerprint density at radius 3 is 2.62 bits per heavy atom. The lowest BCUT2D eigenvalue weighted by molar-refractivity contribution is 0.914. The number of hydrogen-bond donors (Lipinski definition) is 1. The van der Waals surface area contributed by atoms with Gasteiger partial charge in [-0.3, -0.25) is 4.98 Å². The van der Waals surface area contributed by atoms with Crippen molar-refractivity contribution in [1.29, 1.82) is 0 Å². The molecule has 3 heteroatoms. The highest BCUT2D eigenvalue weighted by molar-refractivity contribution is 5.56. The Balaban J connectivity index is 2.27. The van der Waals surface area contributed by atoms with Crippen molar-refractivity contribution in [3.63, 3.8) is 0 Å². The van der Waals surface area contributed by atoms with E-state index in [2.05, 4.69) is 23.0 Å². The Morgan fingerprint density at radius 1 is 1.12 bits per heavy atom. The second-order valence-electron chi connectivity index (χ2n) is 3.75. The Kier molecular flexibility index (Phi) is 3.15. The van der Waals surface area contributed by atoms with Gasteiger partial charge in [-0.25, -0.2) is 4.98 Å². The molecule has 0 aromatic carbocycles. The molecule has 0 atom stereocenters. The molecule has 0 spiro atoms. The number of rotatable bonds is 3. The number of nitrogens with two attached hydrogens (primary N) is 1. The molecule has 16 heavy (non-hydrogen) atoms. The maximum Gasteiger partial charge on any atom is 0.124 e. The Labute approximate surface area is 95.4 Å². The first kappa shape index (κ1) is 10.6. The third-order valence-electron chi connectivity index (χ3n) is 2.40. The zero-order valence-corrected chi connectivity index (χ0v) is 9.35. The van der Waals surface area contributed by atoms with Gasteiger partial charge in [0.25, 0.3) is 0 Å². The topological polar surface area (TPSA) is 51.8 Å². The highest BCUT2D eigenvalue weighted by Gasteiger charge is 2.01. The summed E-state index contributed by atoms with van der Waals surface area (Å²) in [5, 5.41) is 0. The van der Waals surface area contributed by atoms with E-state index < -0.39 is 0 Å². The molecule has 2 N–H and O–H groups in total. The molecule has 2 rings (SSSR count). The van der Waals surface area contributed by atoms with Gasteiger partial charge in [-0.1, -0.05) is 25.5 Å². The van der Waals surface area contributed by atoms with Crippen LogP contribution in [0.1, 0.15) is 18.9 Å². The van der Waals surface area contributed by atoms with E-state index >= 15 is 0 Å². The SMILES string of the molecule is CCCc1ccc(-c2cccc(N)n2)nc1. The van der Waals surface area contributed by atoms with Gasteiger partial charge in [0.1, 0.15) is 5.82 Å². The Hall–Kier alpha value is -1.90. The fourth-order valence-electron chi connectivity index (χ4n) is 1.61. The Morgan fingerprint density at radius 2 is 2.00 bits per heavy atom. The highest BCUT2D eigenvalue weighted by atomic mass is 14.9. The lowest BCUT2D eigenvalue weighted by Crippen LogP contribution is -1.93. The van der Waals surface area contributed by atoms with Crippen LogP contribution in [-0.2, 0) is 6.42 Å². The van der Waals surface area contributed by atoms with Gasteiger partial charge in [-0.15, -0.1) is 0 Å². The summed E-state index contributed by atoms with van der Waals surface area (Å²) in [6, 6.07) is 9.66. The fraction of sp³-hybridized carbons (Fsp3) is 0.231. The molecule has 0 unspecified atom stereocenters. The largest absolute Gasteiger partial charge is 0.384 e. The summed E-state index contributed by atoms with van der Waals surface area (Å²) in [4.78, 5) is 8.62. The Bertz CT molecular complexity index is 463. The van der Waals surface area contributed by atoms with Crippen molar-refractivity contribution >= 4 is 5.82 Å². The maximum absolute atomic E-state index is 5.63. The van der Waals surface area contributed by atoms with E-state index in [1.165, 1.54) is 5.56 Å². The first-order valence-electron chi connectivity index (χ1n) is 5.47. The van der Waals surface area contributed by atoms with Crippen molar-refractivity contribution in [2.24, 2.45) is 0 Å². The van der Waals surface area contributed by atoms with E-state index in [9.17, 15) is 0 Å². The van der Waals surface area contributed by atoms with Crippen LogP contribution in [0.25, 0.3) is 11.4 Å². The lowest BCUT2D eigenvalue weighted by Gasteiger charge is -2.02. The van der Waals surface area contributed by atoms with Crippen molar-refractivity contribution < 1.29 is 0 Å². The van der Waals surface area contributed by atoms with Crippen LogP contribution in [0.15, 0.2) is 36.5 Å². The van der Waals surface area contributed by atoms with Gasteiger partial charge < -0.3 is 5.73 Å². The van der Waals surface area contributed by atoms with Crippen LogP contribution in [-0.4, -0.2) is 9.97 Å². The number of aryl methyl sites for hydroxylation is 1. The zero-order chi connectivity index (χ0) is 11.4. The third-order valence-corrected chi connectivity index (χ3v) is 2.40. The maximum atomic E-state index is 5.63. The van der Waals surface area contributed by atoms with Crippen LogP contribution in [0.5, 0.6) is 0 Å². The number of pyridine rings is 2. The highest BCUT2D eigenvalue weighted by Crippen LogP contribution is 2.15. The number of nitrogens with zero attached hydrogens (tertiary/aromatic N) is 2. The van der Waals surface area contributed by atoms with Crippen LogP contribution in [0.3, 0.4) is 0 Å². The van der Waals surface area contributed by atoms with Gasteiger partial charge in [0.05, 0.1) is 11.4 Å². The first-order chi connectivity index (χ1) is 7.79. The summed E-state index contributed by atoms with van der Waals surface area (Å²) in [5.41, 5.74) is 8.58. The van der Waals surface area contributed by atoms with Crippen LogP contribution in [0.4, 0.5) is 5.82 Å². The molecule has 3 nitrogen and oxygen atoms in total. The summed E-state index contributed by atoms with van der Waals surface area (Å²) in [7, 11) is 0. The number of aromatic nitrogens is 2. The molecule has 0 saturated heterocycles. The second kappa shape index (κ2) is 4.75. The van der Waals surface area contributed by atoms with Crippen molar-refractivity contribution in [1.82, 2.24) is 9.97 Å².